The second-order valence-electron chi connectivity index (χ2n) is 6.40. The van der Waals surface area contributed by atoms with E-state index >= 15 is 0 Å². The summed E-state index contributed by atoms with van der Waals surface area (Å²) in [7, 11) is 0. The van der Waals surface area contributed by atoms with E-state index in [1.165, 1.54) is 12.1 Å². The molecule has 136 valence electrons. The Bertz CT molecular complexity index is 906. The Morgan fingerprint density at radius 2 is 1.96 bits per heavy atom. The summed E-state index contributed by atoms with van der Waals surface area (Å²) in [6.07, 6.45) is 1.62. The quantitative estimate of drug-likeness (QED) is 0.525. The fourth-order valence-electron chi connectivity index (χ4n) is 2.90. The number of nitrogens with two attached hydrogens (primary N) is 2. The zero-order valence-corrected chi connectivity index (χ0v) is 14.5. The minimum Gasteiger partial charge on any atom is -0.351 e. The lowest BCUT2D eigenvalue weighted by molar-refractivity contribution is 0.0946. The van der Waals surface area contributed by atoms with Gasteiger partial charge in [0.2, 0.25) is 0 Å². The van der Waals surface area contributed by atoms with E-state index in [2.05, 4.69) is 10.3 Å². The lowest BCUT2D eigenvalue weighted by atomic mass is 10.0. The van der Waals surface area contributed by atoms with E-state index in [4.69, 9.17) is 11.5 Å². The van der Waals surface area contributed by atoms with E-state index in [0.717, 1.165) is 34.9 Å². The van der Waals surface area contributed by atoms with Gasteiger partial charge in [0.15, 0.2) is 0 Å². The number of fused-ring (bicyclic) bond motifs is 1. The molecule has 1 heterocycles. The van der Waals surface area contributed by atoms with Crippen molar-refractivity contribution in [1.82, 2.24) is 10.3 Å². The summed E-state index contributed by atoms with van der Waals surface area (Å²) in [5, 5.41) is 3.76. The maximum atomic E-state index is 13.4. The molecule has 1 atom stereocenters. The summed E-state index contributed by atoms with van der Waals surface area (Å²) in [4.78, 5) is 15.4. The molecule has 0 saturated heterocycles. The molecule has 1 amide bonds. The third-order valence-electron chi connectivity index (χ3n) is 4.33. The molecule has 1 aromatic heterocycles. The smallest absolute Gasteiger partial charge is 0.267 e. The number of carbonyl (C=O) groups excluding carboxylic acids is 1. The first-order valence-corrected chi connectivity index (χ1v) is 8.69. The van der Waals surface area contributed by atoms with Gasteiger partial charge in [-0.3, -0.25) is 4.79 Å². The number of rotatable bonds is 7. The van der Waals surface area contributed by atoms with Gasteiger partial charge in [0.25, 0.3) is 5.91 Å². The normalized spacial score (nSPS) is 12.3. The molecule has 3 aromatic rings. The van der Waals surface area contributed by atoms with E-state index in [0.29, 0.717) is 18.8 Å². The number of nitrogens with one attached hydrogen (secondary N) is 2. The van der Waals surface area contributed by atoms with Crippen LogP contribution in [0.15, 0.2) is 48.5 Å². The Labute approximate surface area is 151 Å². The van der Waals surface area contributed by atoms with E-state index in [9.17, 15) is 9.18 Å². The van der Waals surface area contributed by atoms with Gasteiger partial charge in [0.05, 0.1) is 0 Å². The molecular formula is C20H23FN4O. The summed E-state index contributed by atoms with van der Waals surface area (Å²) in [6.45, 7) is 1.00. The topological polar surface area (TPSA) is 96.9 Å². The molecular weight excluding hydrogens is 331 g/mol. The highest BCUT2D eigenvalue weighted by molar-refractivity contribution is 5.98. The number of hydrogen-bond donors (Lipinski definition) is 4. The van der Waals surface area contributed by atoms with Gasteiger partial charge in [0.1, 0.15) is 11.5 Å². The second-order valence-corrected chi connectivity index (χ2v) is 6.40. The van der Waals surface area contributed by atoms with Crippen molar-refractivity contribution in [3.63, 3.8) is 0 Å². The Morgan fingerprint density at radius 1 is 1.15 bits per heavy atom. The highest BCUT2D eigenvalue weighted by Crippen LogP contribution is 2.25. The van der Waals surface area contributed by atoms with Crippen molar-refractivity contribution in [3.8, 4) is 11.1 Å². The lowest BCUT2D eigenvalue weighted by Crippen LogP contribution is -2.37. The summed E-state index contributed by atoms with van der Waals surface area (Å²) in [5.74, 6) is -0.475. The van der Waals surface area contributed by atoms with E-state index < -0.39 is 0 Å². The van der Waals surface area contributed by atoms with Crippen LogP contribution in [0.25, 0.3) is 22.0 Å². The largest absolute Gasteiger partial charge is 0.351 e. The molecule has 0 aliphatic carbocycles. The summed E-state index contributed by atoms with van der Waals surface area (Å²) < 4.78 is 13.4. The van der Waals surface area contributed by atoms with Crippen LogP contribution in [0.1, 0.15) is 23.3 Å². The van der Waals surface area contributed by atoms with Gasteiger partial charge in [0, 0.05) is 23.5 Å². The molecule has 2 aromatic carbocycles. The molecule has 3 rings (SSSR count). The monoisotopic (exact) mass is 354 g/mol. The molecule has 6 heteroatoms. The standard InChI is InChI=1S/C20H23FN4O/c21-16-4-1-3-13(9-16)14-6-7-15-11-19(25-18(15)10-14)20(26)24-12-17(23)5-2-8-22/h1,3-4,6-7,9-11,17,25H,2,5,8,12,22-23H2,(H,24,26)/t17-/m0/s1. The van der Waals surface area contributed by atoms with Crippen molar-refractivity contribution in [2.24, 2.45) is 11.5 Å². The minimum atomic E-state index is -0.278. The molecule has 0 fully saturated rings. The fraction of sp³-hybridized carbons (Fsp3) is 0.250. The van der Waals surface area contributed by atoms with Crippen LogP contribution in [0.4, 0.5) is 4.39 Å². The van der Waals surface area contributed by atoms with Crippen LogP contribution >= 0.6 is 0 Å². The number of halogens is 1. The summed E-state index contributed by atoms with van der Waals surface area (Å²) >= 11 is 0. The van der Waals surface area contributed by atoms with Crippen LogP contribution in [0.2, 0.25) is 0 Å². The first-order valence-electron chi connectivity index (χ1n) is 8.69. The average Bonchev–Trinajstić information content (AvgIpc) is 3.07. The summed E-state index contributed by atoms with van der Waals surface area (Å²) in [6, 6.07) is 13.9. The molecule has 5 nitrogen and oxygen atoms in total. The van der Waals surface area contributed by atoms with Gasteiger partial charge in [-0.25, -0.2) is 4.39 Å². The van der Waals surface area contributed by atoms with Crippen molar-refractivity contribution >= 4 is 16.8 Å². The summed E-state index contributed by atoms with van der Waals surface area (Å²) in [5.41, 5.74) is 14.4. The molecule has 0 spiro atoms. The molecule has 26 heavy (non-hydrogen) atoms. The Morgan fingerprint density at radius 3 is 2.73 bits per heavy atom. The third-order valence-corrected chi connectivity index (χ3v) is 4.33. The number of carbonyl (C=O) groups is 1. The highest BCUT2D eigenvalue weighted by atomic mass is 19.1. The van der Waals surface area contributed by atoms with Crippen molar-refractivity contribution in [3.05, 3.63) is 60.0 Å². The van der Waals surface area contributed by atoms with Gasteiger partial charge < -0.3 is 21.8 Å². The molecule has 0 saturated carbocycles. The predicted octanol–water partition coefficient (Wildman–Crippen LogP) is 2.77. The zero-order valence-electron chi connectivity index (χ0n) is 14.5. The van der Waals surface area contributed by atoms with Gasteiger partial charge >= 0.3 is 0 Å². The number of amides is 1. The van der Waals surface area contributed by atoms with Crippen molar-refractivity contribution in [1.29, 1.82) is 0 Å². The number of aromatic amines is 1. The fourth-order valence-corrected chi connectivity index (χ4v) is 2.90. The lowest BCUT2D eigenvalue weighted by Gasteiger charge is -2.11. The average molecular weight is 354 g/mol. The van der Waals surface area contributed by atoms with E-state index in [1.54, 1.807) is 12.1 Å². The minimum absolute atomic E-state index is 0.105. The number of hydrogen-bond acceptors (Lipinski definition) is 3. The maximum Gasteiger partial charge on any atom is 0.267 e. The van der Waals surface area contributed by atoms with Gasteiger partial charge in [-0.15, -0.1) is 0 Å². The van der Waals surface area contributed by atoms with Crippen LogP contribution in [0.3, 0.4) is 0 Å². The van der Waals surface area contributed by atoms with E-state index in [-0.39, 0.29) is 17.8 Å². The molecule has 0 radical (unpaired) electrons. The van der Waals surface area contributed by atoms with Crippen LogP contribution in [-0.2, 0) is 0 Å². The predicted molar refractivity (Wildman–Crippen MR) is 102 cm³/mol. The van der Waals surface area contributed by atoms with E-state index in [1.807, 2.05) is 24.3 Å². The first-order chi connectivity index (χ1) is 12.6. The number of benzene rings is 2. The first kappa shape index (κ1) is 18.1. The van der Waals surface area contributed by atoms with Crippen LogP contribution < -0.4 is 16.8 Å². The SMILES string of the molecule is NCCC[C@H](N)CNC(=O)c1cc2ccc(-c3cccc(F)c3)cc2[nH]1. The zero-order chi connectivity index (χ0) is 18.5. The number of H-pyrrole nitrogens is 1. The second kappa shape index (κ2) is 8.12. The molecule has 0 aliphatic heterocycles. The third kappa shape index (κ3) is 4.28. The van der Waals surface area contributed by atoms with Crippen molar-refractivity contribution in [2.75, 3.05) is 13.1 Å². The molecule has 6 N–H and O–H groups in total. The molecule has 0 bridgehead atoms. The van der Waals surface area contributed by atoms with Gasteiger partial charge in [-0.2, -0.15) is 0 Å². The molecule has 0 unspecified atom stereocenters. The van der Waals surface area contributed by atoms with Crippen LogP contribution in [0.5, 0.6) is 0 Å². The Balaban J connectivity index is 1.74. The van der Waals surface area contributed by atoms with Gasteiger partial charge in [-0.1, -0.05) is 24.3 Å². The highest BCUT2D eigenvalue weighted by Gasteiger charge is 2.11. The Hall–Kier alpha value is -2.70. The van der Waals surface area contributed by atoms with Crippen LogP contribution in [0, 0.1) is 5.82 Å². The van der Waals surface area contributed by atoms with Crippen LogP contribution in [-0.4, -0.2) is 30.0 Å². The Kier molecular flexibility index (Phi) is 5.65. The van der Waals surface area contributed by atoms with Crippen molar-refractivity contribution in [2.45, 2.75) is 18.9 Å². The number of aromatic nitrogens is 1. The maximum absolute atomic E-state index is 13.4. The van der Waals surface area contributed by atoms with Gasteiger partial charge in [-0.05, 0) is 54.8 Å². The molecule has 0 aliphatic rings. The van der Waals surface area contributed by atoms with Crippen molar-refractivity contribution < 1.29 is 9.18 Å².